The van der Waals surface area contributed by atoms with Crippen LogP contribution in [0.15, 0.2) is 60.8 Å². The van der Waals surface area contributed by atoms with E-state index in [1.54, 1.807) is 0 Å². The van der Waals surface area contributed by atoms with Crippen molar-refractivity contribution in [3.05, 3.63) is 77.5 Å². The van der Waals surface area contributed by atoms with Crippen molar-refractivity contribution in [3.63, 3.8) is 0 Å². The summed E-state index contributed by atoms with van der Waals surface area (Å²) in [4.78, 5) is 21.7. The molecule has 0 bridgehead atoms. The van der Waals surface area contributed by atoms with Crippen LogP contribution in [0.25, 0.3) is 16.5 Å². The molecule has 4 heteroatoms. The van der Waals surface area contributed by atoms with Crippen molar-refractivity contribution in [3.8, 4) is 0 Å². The highest BCUT2D eigenvalue weighted by atomic mass is 16.2. The molecular weight excluding hydrogens is 382 g/mol. The second-order valence-corrected chi connectivity index (χ2v) is 9.58. The molecule has 1 fully saturated rings. The summed E-state index contributed by atoms with van der Waals surface area (Å²) in [6.07, 6.45) is 6.58. The van der Waals surface area contributed by atoms with Crippen molar-refractivity contribution in [2.75, 3.05) is 6.54 Å². The average molecular weight is 412 g/mol. The molecule has 2 aromatic carbocycles. The van der Waals surface area contributed by atoms with Gasteiger partial charge in [-0.25, -0.2) is 0 Å². The number of aromatic amines is 1. The van der Waals surface area contributed by atoms with Gasteiger partial charge in [0, 0.05) is 48.3 Å². The van der Waals surface area contributed by atoms with Crippen LogP contribution in [-0.2, 0) is 17.8 Å². The highest BCUT2D eigenvalue weighted by molar-refractivity contribution is 5.99. The Kier molecular flexibility index (Phi) is 4.32. The predicted octanol–water partition coefficient (Wildman–Crippen LogP) is 4.62. The SMILES string of the molecule is C[C@H]1C[C@H](C)N1C(=O)[C@H]1C=C2c3cccc4[nH]cc(c34)C[C@H]2N(Cc2ccccc2)C1. The maximum Gasteiger partial charge on any atom is 0.231 e. The van der Waals surface area contributed by atoms with E-state index in [0.717, 1.165) is 25.9 Å². The van der Waals surface area contributed by atoms with Crippen LogP contribution in [-0.4, -0.2) is 45.4 Å². The van der Waals surface area contributed by atoms with Gasteiger partial charge in [0.1, 0.15) is 0 Å². The maximum absolute atomic E-state index is 13.6. The third-order valence-electron chi connectivity index (χ3n) is 7.56. The van der Waals surface area contributed by atoms with E-state index in [4.69, 9.17) is 0 Å². The summed E-state index contributed by atoms with van der Waals surface area (Å²) in [5, 5.41) is 1.34. The zero-order valence-corrected chi connectivity index (χ0v) is 18.2. The first kappa shape index (κ1) is 18.9. The van der Waals surface area contributed by atoms with Gasteiger partial charge in [-0.15, -0.1) is 0 Å². The molecule has 158 valence electrons. The summed E-state index contributed by atoms with van der Waals surface area (Å²) in [5.74, 6) is 0.207. The largest absolute Gasteiger partial charge is 0.361 e. The van der Waals surface area contributed by atoms with E-state index in [1.165, 1.54) is 33.2 Å². The van der Waals surface area contributed by atoms with Crippen LogP contribution in [0.5, 0.6) is 0 Å². The second-order valence-electron chi connectivity index (χ2n) is 9.58. The smallest absolute Gasteiger partial charge is 0.231 e. The fourth-order valence-corrected chi connectivity index (χ4v) is 6.12. The van der Waals surface area contributed by atoms with Crippen molar-refractivity contribution in [2.45, 2.75) is 51.4 Å². The zero-order valence-electron chi connectivity index (χ0n) is 18.2. The molecule has 2 aliphatic heterocycles. The molecule has 3 aliphatic rings. The number of nitrogens with one attached hydrogen (secondary N) is 1. The van der Waals surface area contributed by atoms with Crippen LogP contribution in [0, 0.1) is 5.92 Å². The number of nitrogens with zero attached hydrogens (tertiary/aromatic N) is 2. The molecule has 1 N–H and O–H groups in total. The molecule has 0 saturated carbocycles. The van der Waals surface area contributed by atoms with Crippen molar-refractivity contribution < 1.29 is 4.79 Å². The fourth-order valence-electron chi connectivity index (χ4n) is 6.12. The van der Waals surface area contributed by atoms with Crippen LogP contribution in [0.4, 0.5) is 0 Å². The lowest BCUT2D eigenvalue weighted by molar-refractivity contribution is -0.146. The summed E-state index contributed by atoms with van der Waals surface area (Å²) >= 11 is 0. The number of rotatable bonds is 3. The van der Waals surface area contributed by atoms with Crippen LogP contribution in [0.1, 0.15) is 37.0 Å². The average Bonchev–Trinajstić information content (AvgIpc) is 3.19. The Morgan fingerprint density at radius 2 is 1.87 bits per heavy atom. The Morgan fingerprint density at radius 1 is 1.06 bits per heavy atom. The Morgan fingerprint density at radius 3 is 2.65 bits per heavy atom. The molecule has 1 saturated heterocycles. The molecule has 31 heavy (non-hydrogen) atoms. The number of carbonyl (C=O) groups excluding carboxylic acids is 1. The molecule has 1 aromatic heterocycles. The molecule has 1 aliphatic carbocycles. The first-order valence-corrected chi connectivity index (χ1v) is 11.5. The number of hydrogen-bond acceptors (Lipinski definition) is 2. The van der Waals surface area contributed by atoms with Crippen molar-refractivity contribution in [1.82, 2.24) is 14.8 Å². The summed E-state index contributed by atoms with van der Waals surface area (Å²) in [5.41, 5.74) is 6.52. The van der Waals surface area contributed by atoms with Gasteiger partial charge in [-0.2, -0.15) is 0 Å². The van der Waals surface area contributed by atoms with Gasteiger partial charge in [0.2, 0.25) is 5.91 Å². The molecule has 3 aromatic rings. The molecule has 0 spiro atoms. The molecular formula is C27H29N3O. The monoisotopic (exact) mass is 411 g/mol. The number of fused-ring (bicyclic) bond motifs is 2. The number of hydrogen-bond donors (Lipinski definition) is 1. The van der Waals surface area contributed by atoms with E-state index in [1.807, 2.05) is 0 Å². The van der Waals surface area contributed by atoms with E-state index < -0.39 is 0 Å². The lowest BCUT2D eigenvalue weighted by Gasteiger charge is -2.49. The standard InChI is InChI=1S/C27H29N3O/c1-17-11-18(2)30(17)27(31)21-12-23-22-9-6-10-24-26(22)20(14-28-24)13-25(23)29(16-21)15-19-7-4-3-5-8-19/h3-10,12,14,17-18,21,25,28H,11,13,15-16H2,1-2H3/t17-,18-,21-,25+/m0/s1. The van der Waals surface area contributed by atoms with E-state index >= 15 is 0 Å². The van der Waals surface area contributed by atoms with Crippen LogP contribution < -0.4 is 0 Å². The highest BCUT2D eigenvalue weighted by Crippen LogP contribution is 2.42. The summed E-state index contributed by atoms with van der Waals surface area (Å²) < 4.78 is 0. The molecule has 4 nitrogen and oxygen atoms in total. The van der Waals surface area contributed by atoms with Gasteiger partial charge in [-0.05, 0) is 55.0 Å². The summed E-state index contributed by atoms with van der Waals surface area (Å²) in [6, 6.07) is 18.2. The Bertz CT molecular complexity index is 1170. The topological polar surface area (TPSA) is 39.3 Å². The van der Waals surface area contributed by atoms with Gasteiger partial charge in [0.05, 0.1) is 5.92 Å². The van der Waals surface area contributed by atoms with Gasteiger partial charge in [-0.3, -0.25) is 9.69 Å². The van der Waals surface area contributed by atoms with Gasteiger partial charge >= 0.3 is 0 Å². The van der Waals surface area contributed by atoms with E-state index in [0.29, 0.717) is 24.0 Å². The van der Waals surface area contributed by atoms with Crippen LogP contribution in [0.2, 0.25) is 0 Å². The van der Waals surface area contributed by atoms with Gasteiger partial charge < -0.3 is 9.88 Å². The normalized spacial score (nSPS) is 27.5. The quantitative estimate of drug-likeness (QED) is 0.683. The Hall–Kier alpha value is -2.85. The third-order valence-corrected chi connectivity index (χ3v) is 7.56. The lowest BCUT2D eigenvalue weighted by atomic mass is 9.78. The Balaban J connectivity index is 1.43. The van der Waals surface area contributed by atoms with Gasteiger partial charge in [0.25, 0.3) is 0 Å². The van der Waals surface area contributed by atoms with Gasteiger partial charge in [-0.1, -0.05) is 48.5 Å². The van der Waals surface area contributed by atoms with Crippen LogP contribution >= 0.6 is 0 Å². The predicted molar refractivity (Wildman–Crippen MR) is 124 cm³/mol. The minimum atomic E-state index is -0.0871. The number of H-pyrrole nitrogens is 1. The molecule has 0 radical (unpaired) electrons. The molecule has 6 rings (SSSR count). The molecule has 0 unspecified atom stereocenters. The Labute approximate surface area is 183 Å². The zero-order chi connectivity index (χ0) is 21.1. The van der Waals surface area contributed by atoms with Crippen LogP contribution in [0.3, 0.4) is 0 Å². The molecule has 1 amide bonds. The van der Waals surface area contributed by atoms with Crippen molar-refractivity contribution >= 4 is 22.4 Å². The van der Waals surface area contributed by atoms with Crippen molar-refractivity contribution in [1.29, 1.82) is 0 Å². The second kappa shape index (κ2) is 7.10. The van der Waals surface area contributed by atoms with E-state index in [2.05, 4.69) is 89.4 Å². The minimum absolute atomic E-state index is 0.0871. The van der Waals surface area contributed by atoms with Crippen molar-refractivity contribution in [2.24, 2.45) is 5.92 Å². The number of amides is 1. The minimum Gasteiger partial charge on any atom is -0.361 e. The first-order valence-electron chi connectivity index (χ1n) is 11.5. The summed E-state index contributed by atoms with van der Waals surface area (Å²) in [6.45, 7) is 6.00. The number of likely N-dealkylation sites (tertiary alicyclic amines) is 1. The third kappa shape index (κ3) is 2.96. The number of benzene rings is 2. The molecule has 3 heterocycles. The fraction of sp³-hybridized carbons (Fsp3) is 0.370. The number of aromatic nitrogens is 1. The first-order chi connectivity index (χ1) is 15.1. The van der Waals surface area contributed by atoms with E-state index in [9.17, 15) is 4.79 Å². The molecule has 4 atom stereocenters. The van der Waals surface area contributed by atoms with E-state index in [-0.39, 0.29) is 5.92 Å². The lowest BCUT2D eigenvalue weighted by Crippen LogP contribution is -2.59. The number of carbonyl (C=O) groups is 1. The maximum atomic E-state index is 13.6. The highest BCUT2D eigenvalue weighted by Gasteiger charge is 2.42. The van der Waals surface area contributed by atoms with Gasteiger partial charge in [0.15, 0.2) is 0 Å². The summed E-state index contributed by atoms with van der Waals surface area (Å²) in [7, 11) is 0.